The van der Waals surface area contributed by atoms with Crippen LogP contribution in [0.5, 0.6) is 0 Å². The summed E-state index contributed by atoms with van der Waals surface area (Å²) in [4.78, 5) is 0. The van der Waals surface area contributed by atoms with Gasteiger partial charge in [-0.05, 0) is 0 Å². The van der Waals surface area contributed by atoms with Gasteiger partial charge in [-0.1, -0.05) is 19.8 Å². The number of rotatable bonds is 2. The van der Waals surface area contributed by atoms with E-state index >= 15 is 0 Å². The topological polar surface area (TPSA) is 17.1 Å². The number of allylic oxidation sites excluding steroid dienone is 4. The molecule has 0 bridgehead atoms. The molecule has 0 saturated heterocycles. The summed E-state index contributed by atoms with van der Waals surface area (Å²) in [7, 11) is 0. The SMILES string of the molecule is C[CH-]C.Cl.Cl.[C-]1=CC=CC1.[CH2-]CCCC.[CH3-].[CH3-].[CH3-].[O]=[Ti]. The average molecular weight is 361 g/mol. The Morgan fingerprint density at radius 1 is 1.20 bits per heavy atom. The molecular weight excluding hydrogens is 327 g/mol. The van der Waals surface area contributed by atoms with E-state index in [1.807, 2.05) is 32.4 Å². The third kappa shape index (κ3) is 100.0. The van der Waals surface area contributed by atoms with Crippen molar-refractivity contribution in [2.75, 3.05) is 0 Å². The second-order valence-electron chi connectivity index (χ2n) is 2.79. The van der Waals surface area contributed by atoms with Gasteiger partial charge in [0.1, 0.15) is 0 Å². The third-order valence-corrected chi connectivity index (χ3v) is 1.19. The Morgan fingerprint density at radius 2 is 1.60 bits per heavy atom. The molecule has 0 heterocycles. The molecule has 0 aromatic carbocycles. The number of hydrogen-bond donors (Lipinski definition) is 0. The van der Waals surface area contributed by atoms with Gasteiger partial charge < -0.3 is 35.6 Å². The van der Waals surface area contributed by atoms with Crippen LogP contribution in [0.4, 0.5) is 0 Å². The second kappa shape index (κ2) is 73.7. The number of halogens is 2. The summed E-state index contributed by atoms with van der Waals surface area (Å²) in [5, 5.41) is 0. The zero-order chi connectivity index (χ0) is 12.4. The van der Waals surface area contributed by atoms with Crippen LogP contribution >= 0.6 is 24.8 Å². The van der Waals surface area contributed by atoms with Crippen molar-refractivity contribution >= 4 is 24.8 Å². The van der Waals surface area contributed by atoms with Gasteiger partial charge in [-0.25, -0.2) is 12.2 Å². The normalized spacial score (nSPS) is 7.55. The molecule has 0 aliphatic heterocycles. The number of hydrogen-bond acceptors (Lipinski definition) is 1. The van der Waals surface area contributed by atoms with Gasteiger partial charge >= 0.3 is 23.7 Å². The van der Waals surface area contributed by atoms with Gasteiger partial charge in [-0.3, -0.25) is 6.08 Å². The van der Waals surface area contributed by atoms with Gasteiger partial charge in [-0.2, -0.15) is 26.3 Å². The van der Waals surface area contributed by atoms with Crippen molar-refractivity contribution in [1.29, 1.82) is 0 Å². The summed E-state index contributed by atoms with van der Waals surface area (Å²) >= 11 is 0.750. The van der Waals surface area contributed by atoms with Gasteiger partial charge in [0.25, 0.3) is 0 Å². The molecule has 0 amide bonds. The first-order chi connectivity index (χ1) is 7.33. The molecule has 0 aromatic rings. The predicted octanol–water partition coefficient (Wildman–Crippen LogP) is 6.62. The van der Waals surface area contributed by atoms with E-state index < -0.39 is 0 Å². The van der Waals surface area contributed by atoms with Crippen LogP contribution in [-0.4, -0.2) is 0 Å². The maximum atomic E-state index is 8.25. The molecule has 0 fully saturated rings. The van der Waals surface area contributed by atoms with Crippen LogP contribution in [0.15, 0.2) is 18.2 Å². The van der Waals surface area contributed by atoms with Gasteiger partial charge in [-0.15, -0.1) is 31.2 Å². The first kappa shape index (κ1) is 49.9. The van der Waals surface area contributed by atoms with Gasteiger partial charge in [0.15, 0.2) is 0 Å². The van der Waals surface area contributed by atoms with Crippen LogP contribution in [0.3, 0.4) is 0 Å². The fourth-order valence-corrected chi connectivity index (χ4v) is 0.590. The van der Waals surface area contributed by atoms with Crippen molar-refractivity contribution in [3.8, 4) is 0 Å². The molecule has 1 aliphatic rings. The molecule has 1 rings (SSSR count). The van der Waals surface area contributed by atoms with E-state index in [0.29, 0.717) is 0 Å². The van der Waals surface area contributed by atoms with Crippen molar-refractivity contribution in [1.82, 2.24) is 0 Å². The van der Waals surface area contributed by atoms with Crippen LogP contribution in [0, 0.1) is 41.7 Å². The molecule has 1 aliphatic carbocycles. The number of unbranched alkanes of at least 4 members (excludes halogenated alkanes) is 2. The first-order valence-electron chi connectivity index (χ1n) is 5.28. The summed E-state index contributed by atoms with van der Waals surface area (Å²) in [6.45, 7) is 9.85. The van der Waals surface area contributed by atoms with E-state index in [1.165, 1.54) is 12.8 Å². The van der Waals surface area contributed by atoms with E-state index in [-0.39, 0.29) is 47.1 Å². The van der Waals surface area contributed by atoms with Crippen LogP contribution in [-0.2, 0) is 23.7 Å². The average Bonchev–Trinajstić information content (AvgIpc) is 2.81. The summed E-state index contributed by atoms with van der Waals surface area (Å²) < 4.78 is 8.25. The summed E-state index contributed by atoms with van der Waals surface area (Å²) in [5.41, 5.74) is 0. The third-order valence-electron chi connectivity index (χ3n) is 1.19. The molecule has 128 valence electrons. The van der Waals surface area contributed by atoms with Gasteiger partial charge in [0.2, 0.25) is 0 Å². The Balaban J connectivity index is -0.0000000155. The fraction of sp³-hybridized carbons (Fsp3) is 0.438. The van der Waals surface area contributed by atoms with E-state index in [9.17, 15) is 0 Å². The molecule has 0 aromatic heterocycles. The molecule has 20 heavy (non-hydrogen) atoms. The summed E-state index contributed by atoms with van der Waals surface area (Å²) in [6, 6.07) is 0. The Bertz CT molecular complexity index is 128. The molecule has 0 N–H and O–H groups in total. The predicted molar refractivity (Wildman–Crippen MR) is 96.5 cm³/mol. The zero-order valence-electron chi connectivity index (χ0n) is 14.1. The van der Waals surface area contributed by atoms with Gasteiger partial charge in [0, 0.05) is 0 Å². The molecule has 0 atom stereocenters. The summed E-state index contributed by atoms with van der Waals surface area (Å²) in [5.74, 6) is 0. The minimum atomic E-state index is 0. The Kier molecular flexibility index (Phi) is 184. The van der Waals surface area contributed by atoms with Gasteiger partial charge in [0.05, 0.1) is 0 Å². The molecule has 0 saturated carbocycles. The van der Waals surface area contributed by atoms with Crippen molar-refractivity contribution in [3.05, 3.63) is 59.9 Å². The molecule has 0 unspecified atom stereocenters. The van der Waals surface area contributed by atoms with Crippen LogP contribution in [0.1, 0.15) is 46.5 Å². The quantitative estimate of drug-likeness (QED) is 0.399. The standard InChI is InChI=1S/C5H5.C5H11.C3H7.3CH3.2ClH.O.Ti/c1-2-4-5-3-1;1-3-5-4-2;1-3-2;;;;;;;/h1-3H,4H2;1,3-5H2,2H3;3H,1-2H3;3*1H3;2*1H;;/q6*-1;;;;. The molecule has 4 heteroatoms. The molecular formula is C16H34Cl2OTi-6. The molecule has 0 spiro atoms. The van der Waals surface area contributed by atoms with E-state index in [2.05, 4.69) is 26.0 Å². The van der Waals surface area contributed by atoms with Crippen molar-refractivity contribution in [2.24, 2.45) is 0 Å². The van der Waals surface area contributed by atoms with E-state index in [0.717, 1.165) is 33.2 Å². The molecule has 0 radical (unpaired) electrons. The van der Waals surface area contributed by atoms with Crippen LogP contribution < -0.4 is 0 Å². The van der Waals surface area contributed by atoms with E-state index in [4.69, 9.17) is 3.32 Å². The van der Waals surface area contributed by atoms with Crippen LogP contribution in [0.25, 0.3) is 0 Å². The van der Waals surface area contributed by atoms with Crippen molar-refractivity contribution in [3.63, 3.8) is 0 Å². The first-order valence-corrected chi connectivity index (χ1v) is 5.92. The fourth-order valence-electron chi connectivity index (χ4n) is 0.590. The zero-order valence-corrected chi connectivity index (χ0v) is 17.3. The Hall–Kier alpha value is 0.574. The van der Waals surface area contributed by atoms with Crippen LogP contribution in [0.2, 0.25) is 0 Å². The Morgan fingerprint density at radius 3 is 1.65 bits per heavy atom. The van der Waals surface area contributed by atoms with E-state index in [1.54, 1.807) is 0 Å². The maximum absolute atomic E-state index is 8.25. The van der Waals surface area contributed by atoms with Crippen molar-refractivity contribution in [2.45, 2.75) is 46.5 Å². The minimum absolute atomic E-state index is 0. The Labute approximate surface area is 154 Å². The monoisotopic (exact) mass is 360 g/mol. The summed E-state index contributed by atoms with van der Waals surface area (Å²) in [6.07, 6.45) is 15.7. The second-order valence-corrected chi connectivity index (χ2v) is 2.79. The molecule has 1 nitrogen and oxygen atoms in total. The van der Waals surface area contributed by atoms with Crippen molar-refractivity contribution < 1.29 is 23.7 Å².